The zero-order valence-corrected chi connectivity index (χ0v) is 14.7. The van der Waals surface area contributed by atoms with Gasteiger partial charge in [-0.1, -0.05) is 26.0 Å². The minimum absolute atomic E-state index is 0.0891. The summed E-state index contributed by atoms with van der Waals surface area (Å²) >= 11 is 0. The first kappa shape index (κ1) is 15.8. The van der Waals surface area contributed by atoms with E-state index in [1.165, 1.54) is 12.0 Å². The largest absolute Gasteiger partial charge is 0.497 e. The number of hydrogen-bond acceptors (Lipinski definition) is 3. The lowest BCUT2D eigenvalue weighted by molar-refractivity contribution is -0.182. The van der Waals surface area contributed by atoms with E-state index in [4.69, 9.17) is 9.57 Å². The summed E-state index contributed by atoms with van der Waals surface area (Å²) in [5, 5.41) is 2.11. The molecule has 122 valence electrons. The van der Waals surface area contributed by atoms with Gasteiger partial charge in [0, 0.05) is 19.0 Å². The molecule has 3 heteroatoms. The van der Waals surface area contributed by atoms with E-state index in [0.29, 0.717) is 17.9 Å². The Labute approximate surface area is 134 Å². The molecule has 1 aromatic carbocycles. The van der Waals surface area contributed by atoms with E-state index in [1.807, 2.05) is 6.07 Å². The van der Waals surface area contributed by atoms with Crippen LogP contribution in [0.25, 0.3) is 0 Å². The van der Waals surface area contributed by atoms with Crippen molar-refractivity contribution in [1.29, 1.82) is 0 Å². The quantitative estimate of drug-likeness (QED) is 0.823. The van der Waals surface area contributed by atoms with E-state index in [2.05, 4.69) is 58.0 Å². The van der Waals surface area contributed by atoms with Crippen LogP contribution in [0.15, 0.2) is 24.3 Å². The number of methoxy groups -OCH3 is 1. The lowest BCUT2D eigenvalue weighted by Gasteiger charge is -2.46. The lowest BCUT2D eigenvalue weighted by atomic mass is 9.59. The Kier molecular flexibility index (Phi) is 3.77. The Bertz CT molecular complexity index is 556. The summed E-state index contributed by atoms with van der Waals surface area (Å²) in [6.45, 7) is 9.25. The molecule has 1 aliphatic carbocycles. The number of nitrogens with zero attached hydrogens (tertiary/aromatic N) is 1. The van der Waals surface area contributed by atoms with Gasteiger partial charge in [-0.3, -0.25) is 4.84 Å². The second kappa shape index (κ2) is 5.24. The maximum Gasteiger partial charge on any atom is 0.119 e. The normalized spacial score (nSPS) is 37.8. The Morgan fingerprint density at radius 1 is 1.23 bits per heavy atom. The van der Waals surface area contributed by atoms with Crippen molar-refractivity contribution in [2.45, 2.75) is 57.6 Å². The highest BCUT2D eigenvalue weighted by Gasteiger charge is 2.55. The molecule has 4 unspecified atom stereocenters. The first-order chi connectivity index (χ1) is 10.3. The molecule has 0 N–H and O–H groups in total. The molecular formula is C19H29NO2. The topological polar surface area (TPSA) is 21.7 Å². The third-order valence-electron chi connectivity index (χ3n) is 5.90. The Hall–Kier alpha value is -1.06. The third-order valence-corrected chi connectivity index (χ3v) is 5.90. The highest BCUT2D eigenvalue weighted by Crippen LogP contribution is 2.53. The Morgan fingerprint density at radius 3 is 2.64 bits per heavy atom. The number of rotatable bonds is 2. The maximum atomic E-state index is 6.15. The second-order valence-corrected chi connectivity index (χ2v) is 8.02. The summed E-state index contributed by atoms with van der Waals surface area (Å²) in [6.07, 6.45) is 2.34. The summed E-state index contributed by atoms with van der Waals surface area (Å²) in [6, 6.07) is 9.12. The van der Waals surface area contributed by atoms with Crippen LogP contribution in [0, 0.1) is 11.8 Å². The van der Waals surface area contributed by atoms with Gasteiger partial charge < -0.3 is 4.74 Å². The van der Waals surface area contributed by atoms with Crippen molar-refractivity contribution in [3.63, 3.8) is 0 Å². The first-order valence-electron chi connectivity index (χ1n) is 8.33. The molecule has 0 aromatic heterocycles. The predicted octanol–water partition coefficient (Wildman–Crippen LogP) is 4.02. The third kappa shape index (κ3) is 2.44. The average Bonchev–Trinajstić information content (AvgIpc) is 2.68. The molecule has 3 nitrogen and oxygen atoms in total. The van der Waals surface area contributed by atoms with Crippen LogP contribution in [0.4, 0.5) is 0 Å². The van der Waals surface area contributed by atoms with Crippen molar-refractivity contribution in [3.8, 4) is 5.75 Å². The van der Waals surface area contributed by atoms with Crippen LogP contribution in [-0.2, 0) is 10.3 Å². The fourth-order valence-electron chi connectivity index (χ4n) is 4.92. The van der Waals surface area contributed by atoms with E-state index >= 15 is 0 Å². The van der Waals surface area contributed by atoms with Crippen molar-refractivity contribution in [1.82, 2.24) is 5.06 Å². The van der Waals surface area contributed by atoms with Crippen LogP contribution in [-0.4, -0.2) is 30.9 Å². The molecule has 2 fully saturated rings. The molecule has 0 radical (unpaired) electrons. The highest BCUT2D eigenvalue weighted by atomic mass is 16.7. The minimum Gasteiger partial charge on any atom is -0.497 e. The van der Waals surface area contributed by atoms with Gasteiger partial charge in [0.15, 0.2) is 0 Å². The van der Waals surface area contributed by atoms with Crippen molar-refractivity contribution >= 4 is 0 Å². The molecule has 3 rings (SSSR count). The molecule has 0 spiro atoms. The molecule has 0 bridgehead atoms. The summed E-state index contributed by atoms with van der Waals surface area (Å²) in [7, 11) is 3.83. The van der Waals surface area contributed by atoms with E-state index in [9.17, 15) is 0 Å². The van der Waals surface area contributed by atoms with Crippen LogP contribution in [0.3, 0.4) is 0 Å². The van der Waals surface area contributed by atoms with Crippen molar-refractivity contribution in [3.05, 3.63) is 29.8 Å². The molecule has 0 amide bonds. The molecule has 1 saturated heterocycles. The highest BCUT2D eigenvalue weighted by molar-refractivity contribution is 5.34. The lowest BCUT2D eigenvalue weighted by Crippen LogP contribution is -2.48. The molecule has 1 aliphatic heterocycles. The molecule has 22 heavy (non-hydrogen) atoms. The van der Waals surface area contributed by atoms with Crippen LogP contribution in [0.1, 0.15) is 46.1 Å². The average molecular weight is 303 g/mol. The van der Waals surface area contributed by atoms with Crippen LogP contribution in [0.2, 0.25) is 0 Å². The van der Waals surface area contributed by atoms with E-state index in [0.717, 1.165) is 12.2 Å². The number of fused-ring (bicyclic) bond motifs is 1. The molecule has 4 atom stereocenters. The zero-order chi connectivity index (χ0) is 16.1. The fourth-order valence-corrected chi connectivity index (χ4v) is 4.92. The van der Waals surface area contributed by atoms with Crippen molar-refractivity contribution < 1.29 is 9.57 Å². The Balaban J connectivity index is 1.95. The predicted molar refractivity (Wildman–Crippen MR) is 88.9 cm³/mol. The number of ether oxygens (including phenoxy) is 1. The summed E-state index contributed by atoms with van der Waals surface area (Å²) in [5.74, 6) is 2.12. The number of hydroxylamine groups is 2. The molecule has 1 saturated carbocycles. The standard InChI is InChI=1S/C19H29NO2/c1-13-11-19(4,14-8-7-9-15(10-14)21-6)12-16-17(13)20(5)22-18(16,2)3/h7-10,13,16-17H,11-12H2,1-6H3. The van der Waals surface area contributed by atoms with Gasteiger partial charge in [0.2, 0.25) is 0 Å². The minimum atomic E-state index is -0.0891. The molecular weight excluding hydrogens is 274 g/mol. The smallest absolute Gasteiger partial charge is 0.119 e. The van der Waals surface area contributed by atoms with Gasteiger partial charge in [-0.05, 0) is 55.7 Å². The zero-order valence-electron chi connectivity index (χ0n) is 14.7. The van der Waals surface area contributed by atoms with Crippen LogP contribution >= 0.6 is 0 Å². The molecule has 1 aromatic rings. The van der Waals surface area contributed by atoms with Crippen molar-refractivity contribution in [2.75, 3.05) is 14.2 Å². The van der Waals surface area contributed by atoms with Crippen molar-refractivity contribution in [2.24, 2.45) is 11.8 Å². The van der Waals surface area contributed by atoms with E-state index < -0.39 is 0 Å². The van der Waals surface area contributed by atoms with Crippen LogP contribution < -0.4 is 4.74 Å². The van der Waals surface area contributed by atoms with Gasteiger partial charge in [0.05, 0.1) is 12.7 Å². The first-order valence-corrected chi connectivity index (χ1v) is 8.33. The monoisotopic (exact) mass is 303 g/mol. The fraction of sp³-hybridized carbons (Fsp3) is 0.684. The SMILES string of the molecule is COc1cccc(C2(C)CC(C)C3C(C2)C(C)(C)ON3C)c1. The molecule has 1 heterocycles. The van der Waals surface area contributed by atoms with Crippen LogP contribution in [0.5, 0.6) is 5.75 Å². The van der Waals surface area contributed by atoms with E-state index in [1.54, 1.807) is 7.11 Å². The summed E-state index contributed by atoms with van der Waals surface area (Å²) in [4.78, 5) is 6.15. The van der Waals surface area contributed by atoms with Gasteiger partial charge >= 0.3 is 0 Å². The Morgan fingerprint density at radius 2 is 1.95 bits per heavy atom. The van der Waals surface area contributed by atoms with Gasteiger partial charge in [0.1, 0.15) is 5.75 Å². The number of benzene rings is 1. The molecule has 2 aliphatic rings. The van der Waals surface area contributed by atoms with Gasteiger partial charge in [-0.25, -0.2) is 0 Å². The summed E-state index contributed by atoms with van der Waals surface area (Å²) < 4.78 is 5.43. The van der Waals surface area contributed by atoms with Gasteiger partial charge in [-0.2, -0.15) is 5.06 Å². The van der Waals surface area contributed by atoms with Gasteiger partial charge in [-0.15, -0.1) is 0 Å². The maximum absolute atomic E-state index is 6.15. The summed E-state index contributed by atoms with van der Waals surface area (Å²) in [5.41, 5.74) is 1.48. The second-order valence-electron chi connectivity index (χ2n) is 8.02. The number of hydrogen-bond donors (Lipinski definition) is 0. The van der Waals surface area contributed by atoms with E-state index in [-0.39, 0.29) is 11.0 Å². The van der Waals surface area contributed by atoms with Gasteiger partial charge in [0.25, 0.3) is 0 Å².